The average Bonchev–Trinajstić information content (AvgIpc) is 2.24. The number of hydrogen-bond donors (Lipinski definition) is 1. The molecule has 1 rings (SSSR count). The zero-order valence-electron chi connectivity index (χ0n) is 10.2. The molecule has 2 unspecified atom stereocenters. The zero-order chi connectivity index (χ0) is 13.0. The van der Waals surface area contributed by atoms with Gasteiger partial charge in [0.15, 0.2) is 0 Å². The maximum absolute atomic E-state index is 13.4. The highest BCUT2D eigenvalue weighted by molar-refractivity contribution is 7.85. The van der Waals surface area contributed by atoms with Crippen LogP contribution in [0.15, 0.2) is 23.1 Å². The molecule has 2 nitrogen and oxygen atoms in total. The second-order valence-corrected chi connectivity index (χ2v) is 5.69. The smallest absolute Gasteiger partial charge is 0.142 e. The molecule has 0 amide bonds. The number of benzene rings is 1. The highest BCUT2D eigenvalue weighted by Crippen LogP contribution is 2.16. The second kappa shape index (κ2) is 6.21. The molecule has 0 aliphatic rings. The minimum absolute atomic E-state index is 0.0419. The Morgan fingerprint density at radius 3 is 2.47 bits per heavy atom. The van der Waals surface area contributed by atoms with E-state index in [2.05, 4.69) is 5.32 Å². The summed E-state index contributed by atoms with van der Waals surface area (Å²) >= 11 is 0. The second-order valence-electron chi connectivity index (χ2n) is 4.23. The summed E-state index contributed by atoms with van der Waals surface area (Å²) in [5, 5.41) is 3.04. The van der Waals surface area contributed by atoms with Gasteiger partial charge < -0.3 is 5.32 Å². The Bertz CT molecular complexity index is 409. The first-order valence-electron chi connectivity index (χ1n) is 5.46. The van der Waals surface area contributed by atoms with E-state index in [4.69, 9.17) is 0 Å². The van der Waals surface area contributed by atoms with E-state index in [1.165, 1.54) is 6.07 Å². The molecule has 0 radical (unpaired) electrons. The van der Waals surface area contributed by atoms with Crippen molar-refractivity contribution in [3.8, 4) is 0 Å². The van der Waals surface area contributed by atoms with Gasteiger partial charge in [-0.3, -0.25) is 4.21 Å². The molecule has 0 fully saturated rings. The quantitative estimate of drug-likeness (QED) is 0.881. The van der Waals surface area contributed by atoms with Gasteiger partial charge in [-0.1, -0.05) is 13.8 Å². The van der Waals surface area contributed by atoms with Crippen molar-refractivity contribution in [1.29, 1.82) is 0 Å². The largest absolute Gasteiger partial charge is 0.316 e. The van der Waals surface area contributed by atoms with Gasteiger partial charge >= 0.3 is 0 Å². The molecule has 17 heavy (non-hydrogen) atoms. The molecule has 1 aromatic rings. The predicted molar refractivity (Wildman–Crippen MR) is 65.3 cm³/mol. The lowest BCUT2D eigenvalue weighted by Crippen LogP contribution is -2.35. The van der Waals surface area contributed by atoms with Gasteiger partial charge in [0, 0.05) is 17.9 Å². The van der Waals surface area contributed by atoms with Crippen molar-refractivity contribution >= 4 is 10.8 Å². The fraction of sp³-hybridized carbons (Fsp3) is 0.500. The summed E-state index contributed by atoms with van der Waals surface area (Å²) in [6.45, 7) is 4.00. The lowest BCUT2D eigenvalue weighted by Gasteiger charge is -2.19. The Morgan fingerprint density at radius 1 is 1.35 bits per heavy atom. The summed E-state index contributed by atoms with van der Waals surface area (Å²) in [4.78, 5) is 0.0623. The van der Waals surface area contributed by atoms with Crippen LogP contribution in [0.5, 0.6) is 0 Å². The van der Waals surface area contributed by atoms with E-state index in [0.717, 1.165) is 12.1 Å². The maximum atomic E-state index is 13.4. The summed E-state index contributed by atoms with van der Waals surface area (Å²) in [7, 11) is 0.323. The minimum atomic E-state index is -1.46. The highest BCUT2D eigenvalue weighted by Gasteiger charge is 2.18. The van der Waals surface area contributed by atoms with Gasteiger partial charge in [0.25, 0.3) is 0 Å². The lowest BCUT2D eigenvalue weighted by molar-refractivity contribution is 0.461. The van der Waals surface area contributed by atoms with E-state index in [-0.39, 0.29) is 10.9 Å². The average molecular weight is 261 g/mol. The normalized spacial score (nSPS) is 14.9. The first-order chi connectivity index (χ1) is 7.95. The molecule has 0 saturated heterocycles. The Hall–Kier alpha value is -0.810. The Balaban J connectivity index is 2.82. The van der Waals surface area contributed by atoms with Crippen LogP contribution < -0.4 is 5.32 Å². The van der Waals surface area contributed by atoms with Crippen molar-refractivity contribution in [2.24, 2.45) is 5.92 Å². The first kappa shape index (κ1) is 14.3. The van der Waals surface area contributed by atoms with Crippen molar-refractivity contribution in [2.75, 3.05) is 12.8 Å². The van der Waals surface area contributed by atoms with Crippen LogP contribution >= 0.6 is 0 Å². The van der Waals surface area contributed by atoms with E-state index in [9.17, 15) is 13.0 Å². The number of nitrogens with one attached hydrogen (secondary N) is 1. The third-order valence-corrected chi connectivity index (χ3v) is 4.13. The Kier molecular flexibility index (Phi) is 5.21. The fourth-order valence-corrected chi connectivity index (χ4v) is 3.08. The number of halogens is 2. The van der Waals surface area contributed by atoms with Crippen LogP contribution in [0.3, 0.4) is 0 Å². The van der Waals surface area contributed by atoms with Crippen LogP contribution in [0.25, 0.3) is 0 Å². The van der Waals surface area contributed by atoms with E-state index >= 15 is 0 Å². The van der Waals surface area contributed by atoms with E-state index in [1.54, 1.807) is 7.05 Å². The van der Waals surface area contributed by atoms with Crippen LogP contribution in [0.2, 0.25) is 0 Å². The van der Waals surface area contributed by atoms with Crippen molar-refractivity contribution in [1.82, 2.24) is 5.32 Å². The summed E-state index contributed by atoms with van der Waals surface area (Å²) in [6.07, 6.45) is 0. The fourth-order valence-electron chi connectivity index (χ4n) is 1.52. The van der Waals surface area contributed by atoms with Gasteiger partial charge in [-0.2, -0.15) is 0 Å². The molecule has 5 heteroatoms. The van der Waals surface area contributed by atoms with Crippen molar-refractivity contribution in [3.05, 3.63) is 29.8 Å². The van der Waals surface area contributed by atoms with Crippen LogP contribution in [0, 0.1) is 17.6 Å². The minimum Gasteiger partial charge on any atom is -0.316 e. The summed E-state index contributed by atoms with van der Waals surface area (Å²) in [6, 6.07) is 3.17. The van der Waals surface area contributed by atoms with Crippen LogP contribution in [0.1, 0.15) is 13.8 Å². The molecule has 0 aromatic heterocycles. The standard InChI is InChI=1S/C12H17F2NOS/c1-8(2)11(15-3)7-17(16)12-5-4-9(13)6-10(12)14/h4-6,8,11,15H,7H2,1-3H3. The molecule has 96 valence electrons. The van der Waals surface area contributed by atoms with Gasteiger partial charge in [-0.15, -0.1) is 0 Å². The Morgan fingerprint density at radius 2 is 2.00 bits per heavy atom. The molecule has 1 aromatic carbocycles. The number of rotatable bonds is 5. The summed E-state index contributed by atoms with van der Waals surface area (Å²) in [5.41, 5.74) is 0. The Labute approximate surface area is 103 Å². The third-order valence-electron chi connectivity index (χ3n) is 2.65. The van der Waals surface area contributed by atoms with Crippen LogP contribution in [-0.2, 0) is 10.8 Å². The first-order valence-corrected chi connectivity index (χ1v) is 6.78. The van der Waals surface area contributed by atoms with Gasteiger partial charge in [-0.25, -0.2) is 8.78 Å². The van der Waals surface area contributed by atoms with E-state index in [0.29, 0.717) is 11.7 Å². The van der Waals surface area contributed by atoms with Crippen LogP contribution in [-0.4, -0.2) is 23.1 Å². The van der Waals surface area contributed by atoms with Gasteiger partial charge in [-0.05, 0) is 25.1 Å². The molecule has 0 saturated carbocycles. The highest BCUT2D eigenvalue weighted by atomic mass is 32.2. The lowest BCUT2D eigenvalue weighted by atomic mass is 10.1. The molecule has 0 aliphatic heterocycles. The molecular formula is C12H17F2NOS. The van der Waals surface area contributed by atoms with Gasteiger partial charge in [0.2, 0.25) is 0 Å². The molecule has 2 atom stereocenters. The SMILES string of the molecule is CNC(CS(=O)c1ccc(F)cc1F)C(C)C. The predicted octanol–water partition coefficient (Wildman–Crippen LogP) is 2.32. The number of hydrogen-bond acceptors (Lipinski definition) is 2. The maximum Gasteiger partial charge on any atom is 0.142 e. The van der Waals surface area contributed by atoms with Gasteiger partial charge in [0.05, 0.1) is 15.7 Å². The van der Waals surface area contributed by atoms with Crippen LogP contribution in [0.4, 0.5) is 8.78 Å². The van der Waals surface area contributed by atoms with Crippen molar-refractivity contribution < 1.29 is 13.0 Å². The molecule has 0 aliphatic carbocycles. The monoisotopic (exact) mass is 261 g/mol. The van der Waals surface area contributed by atoms with Crippen molar-refractivity contribution in [2.45, 2.75) is 24.8 Å². The summed E-state index contributed by atoms with van der Waals surface area (Å²) in [5.74, 6) is -0.789. The zero-order valence-corrected chi connectivity index (χ0v) is 11.0. The molecular weight excluding hydrogens is 244 g/mol. The summed E-state index contributed by atoms with van der Waals surface area (Å²) < 4.78 is 38.1. The van der Waals surface area contributed by atoms with Crippen molar-refractivity contribution in [3.63, 3.8) is 0 Å². The molecule has 0 heterocycles. The van der Waals surface area contributed by atoms with E-state index < -0.39 is 22.4 Å². The molecule has 1 N–H and O–H groups in total. The third kappa shape index (κ3) is 3.85. The molecule has 0 bridgehead atoms. The topological polar surface area (TPSA) is 29.1 Å². The van der Waals surface area contributed by atoms with Gasteiger partial charge in [0.1, 0.15) is 11.6 Å². The molecule has 0 spiro atoms. The van der Waals surface area contributed by atoms with E-state index in [1.807, 2.05) is 13.8 Å².